The summed E-state index contributed by atoms with van der Waals surface area (Å²) in [5.74, 6) is 0.380. The first kappa shape index (κ1) is 17.3. The quantitative estimate of drug-likeness (QED) is 0.762. The van der Waals surface area contributed by atoms with Gasteiger partial charge in [0, 0.05) is 12.6 Å². The number of carbonyl (C=O) groups is 2. The first-order chi connectivity index (χ1) is 10.9. The van der Waals surface area contributed by atoms with Crippen LogP contribution in [0.5, 0.6) is 0 Å². The van der Waals surface area contributed by atoms with E-state index in [4.69, 9.17) is 11.5 Å². The summed E-state index contributed by atoms with van der Waals surface area (Å²) in [6, 6.07) is 6.84. The Bertz CT molecular complexity index is 575. The number of rotatable bonds is 5. The molecule has 3 atom stereocenters. The van der Waals surface area contributed by atoms with Crippen LogP contribution in [-0.4, -0.2) is 36.0 Å². The third kappa shape index (κ3) is 4.22. The lowest BCUT2D eigenvalue weighted by Gasteiger charge is -2.26. The third-order valence-corrected chi connectivity index (χ3v) is 4.57. The number of hydrogen-bond acceptors (Lipinski definition) is 3. The molecule has 0 aromatic heterocycles. The number of nitrogens with zero attached hydrogens (tertiary/aromatic N) is 1. The van der Waals surface area contributed by atoms with Crippen LogP contribution in [0.25, 0.3) is 0 Å². The van der Waals surface area contributed by atoms with Crippen LogP contribution in [-0.2, 0) is 4.79 Å². The van der Waals surface area contributed by atoms with Gasteiger partial charge in [-0.2, -0.15) is 0 Å². The molecular weight excluding hydrogens is 292 g/mol. The Hall–Kier alpha value is -2.08. The van der Waals surface area contributed by atoms with Crippen LogP contribution in [0, 0.1) is 12.8 Å². The van der Waals surface area contributed by atoms with E-state index in [1.165, 1.54) is 0 Å². The van der Waals surface area contributed by atoms with Crippen LogP contribution in [0.1, 0.15) is 36.9 Å². The van der Waals surface area contributed by atoms with Crippen LogP contribution in [0.3, 0.4) is 0 Å². The van der Waals surface area contributed by atoms with Gasteiger partial charge in [-0.1, -0.05) is 24.3 Å². The summed E-state index contributed by atoms with van der Waals surface area (Å²) in [7, 11) is 0. The van der Waals surface area contributed by atoms with Crippen LogP contribution in [0.2, 0.25) is 0 Å². The van der Waals surface area contributed by atoms with Crippen LogP contribution >= 0.6 is 0 Å². The van der Waals surface area contributed by atoms with Crippen molar-refractivity contribution in [2.24, 2.45) is 17.4 Å². The second-order valence-corrected chi connectivity index (χ2v) is 6.35. The standard InChI is InChI=1S/C17H26N4O2/c1-11-5-3-4-6-14(11)15(20-17(19)23)8-16(22)21-10-13(9-18)7-12(21)2/h3-6,12-13,15H,7-10,18H2,1-2H3,(H3,19,20,23). The fourth-order valence-electron chi connectivity index (χ4n) is 3.34. The third-order valence-electron chi connectivity index (χ3n) is 4.57. The Morgan fingerprint density at radius 3 is 2.65 bits per heavy atom. The number of likely N-dealkylation sites (tertiary alicyclic amines) is 1. The highest BCUT2D eigenvalue weighted by molar-refractivity contribution is 5.79. The zero-order chi connectivity index (χ0) is 17.0. The predicted octanol–water partition coefficient (Wildman–Crippen LogP) is 1.29. The van der Waals surface area contributed by atoms with Crippen molar-refractivity contribution in [3.05, 3.63) is 35.4 Å². The Morgan fingerprint density at radius 2 is 2.09 bits per heavy atom. The summed E-state index contributed by atoms with van der Waals surface area (Å²) in [6.45, 7) is 5.28. The van der Waals surface area contributed by atoms with Crippen molar-refractivity contribution in [3.63, 3.8) is 0 Å². The average Bonchev–Trinajstić information content (AvgIpc) is 2.88. The van der Waals surface area contributed by atoms with Crippen molar-refractivity contribution in [1.82, 2.24) is 10.2 Å². The highest BCUT2D eigenvalue weighted by Crippen LogP contribution is 2.26. The first-order valence-electron chi connectivity index (χ1n) is 8.03. The molecule has 0 bridgehead atoms. The van der Waals surface area contributed by atoms with Crippen LogP contribution in [0.15, 0.2) is 24.3 Å². The monoisotopic (exact) mass is 318 g/mol. The molecule has 0 radical (unpaired) electrons. The number of benzene rings is 1. The summed E-state index contributed by atoms with van der Waals surface area (Å²) >= 11 is 0. The van der Waals surface area contributed by atoms with Gasteiger partial charge in [-0.05, 0) is 43.9 Å². The minimum Gasteiger partial charge on any atom is -0.352 e. The zero-order valence-electron chi connectivity index (χ0n) is 13.8. The highest BCUT2D eigenvalue weighted by atomic mass is 16.2. The van der Waals surface area contributed by atoms with Gasteiger partial charge in [0.15, 0.2) is 0 Å². The van der Waals surface area contributed by atoms with Gasteiger partial charge in [0.2, 0.25) is 5.91 Å². The van der Waals surface area contributed by atoms with E-state index in [0.29, 0.717) is 19.0 Å². The lowest BCUT2D eigenvalue weighted by Crippen LogP contribution is -2.40. The van der Waals surface area contributed by atoms with Gasteiger partial charge in [0.25, 0.3) is 0 Å². The van der Waals surface area contributed by atoms with Crippen molar-refractivity contribution in [3.8, 4) is 0 Å². The SMILES string of the molecule is Cc1ccccc1C(CC(=O)N1CC(CN)CC1C)NC(N)=O. The molecule has 5 N–H and O–H groups in total. The maximum atomic E-state index is 12.7. The number of amides is 3. The Balaban J connectivity index is 2.13. The van der Waals surface area contributed by atoms with Crippen LogP contribution in [0.4, 0.5) is 4.79 Å². The van der Waals surface area contributed by atoms with Gasteiger partial charge in [-0.3, -0.25) is 4.79 Å². The molecule has 0 spiro atoms. The molecule has 1 fully saturated rings. The second kappa shape index (κ2) is 7.46. The molecule has 1 saturated heterocycles. The molecule has 23 heavy (non-hydrogen) atoms. The molecule has 0 aliphatic carbocycles. The predicted molar refractivity (Wildman–Crippen MR) is 89.6 cm³/mol. The molecule has 6 nitrogen and oxygen atoms in total. The van der Waals surface area contributed by atoms with Gasteiger partial charge in [0.1, 0.15) is 0 Å². The van der Waals surface area contributed by atoms with Gasteiger partial charge in [-0.15, -0.1) is 0 Å². The Morgan fingerprint density at radius 1 is 1.39 bits per heavy atom. The molecule has 1 aromatic carbocycles. The van der Waals surface area contributed by atoms with E-state index in [9.17, 15) is 9.59 Å². The minimum atomic E-state index is -0.625. The molecule has 3 amide bonds. The van der Waals surface area contributed by atoms with Crippen molar-refractivity contribution < 1.29 is 9.59 Å². The van der Waals surface area contributed by atoms with Gasteiger partial charge >= 0.3 is 6.03 Å². The van der Waals surface area contributed by atoms with Gasteiger partial charge < -0.3 is 21.7 Å². The first-order valence-corrected chi connectivity index (χ1v) is 8.03. The van der Waals surface area contributed by atoms with E-state index in [2.05, 4.69) is 5.32 Å². The highest BCUT2D eigenvalue weighted by Gasteiger charge is 2.33. The average molecular weight is 318 g/mol. The fourth-order valence-corrected chi connectivity index (χ4v) is 3.34. The molecule has 1 aliphatic rings. The molecule has 0 saturated carbocycles. The Kier molecular flexibility index (Phi) is 5.60. The van der Waals surface area contributed by atoms with Crippen molar-refractivity contribution >= 4 is 11.9 Å². The molecule has 3 unspecified atom stereocenters. The summed E-state index contributed by atoms with van der Waals surface area (Å²) in [5, 5.41) is 2.70. The molecule has 1 heterocycles. The maximum absolute atomic E-state index is 12.7. The summed E-state index contributed by atoms with van der Waals surface area (Å²) in [6.07, 6.45) is 1.13. The van der Waals surface area contributed by atoms with E-state index in [1.807, 2.05) is 43.0 Å². The topological polar surface area (TPSA) is 101 Å². The summed E-state index contributed by atoms with van der Waals surface area (Å²) in [4.78, 5) is 25.9. The molecule has 126 valence electrons. The normalized spacial score (nSPS) is 22.0. The summed E-state index contributed by atoms with van der Waals surface area (Å²) in [5.41, 5.74) is 13.0. The summed E-state index contributed by atoms with van der Waals surface area (Å²) < 4.78 is 0. The molecule has 2 rings (SSSR count). The fraction of sp³-hybridized carbons (Fsp3) is 0.529. The van der Waals surface area contributed by atoms with E-state index in [-0.39, 0.29) is 18.4 Å². The van der Waals surface area contributed by atoms with E-state index < -0.39 is 12.1 Å². The van der Waals surface area contributed by atoms with Gasteiger partial charge in [0.05, 0.1) is 12.5 Å². The number of hydrogen-bond donors (Lipinski definition) is 3. The number of carbonyl (C=O) groups excluding carboxylic acids is 2. The number of nitrogens with two attached hydrogens (primary N) is 2. The van der Waals surface area contributed by atoms with Crippen molar-refractivity contribution in [2.75, 3.05) is 13.1 Å². The van der Waals surface area contributed by atoms with E-state index >= 15 is 0 Å². The lowest BCUT2D eigenvalue weighted by molar-refractivity contribution is -0.132. The molecule has 1 aromatic rings. The molecule has 1 aliphatic heterocycles. The zero-order valence-corrected chi connectivity index (χ0v) is 13.8. The van der Waals surface area contributed by atoms with Crippen LogP contribution < -0.4 is 16.8 Å². The van der Waals surface area contributed by atoms with Crippen molar-refractivity contribution in [1.29, 1.82) is 0 Å². The minimum absolute atomic E-state index is 0.0236. The van der Waals surface area contributed by atoms with Gasteiger partial charge in [-0.25, -0.2) is 4.79 Å². The lowest BCUT2D eigenvalue weighted by atomic mass is 9.98. The number of urea groups is 1. The number of aryl methyl sites for hydroxylation is 1. The smallest absolute Gasteiger partial charge is 0.312 e. The number of primary amides is 1. The number of nitrogens with one attached hydrogen (secondary N) is 1. The van der Waals surface area contributed by atoms with E-state index in [1.54, 1.807) is 0 Å². The Labute approximate surface area is 137 Å². The second-order valence-electron chi connectivity index (χ2n) is 6.35. The largest absolute Gasteiger partial charge is 0.352 e. The van der Waals surface area contributed by atoms with Crippen molar-refractivity contribution in [2.45, 2.75) is 38.8 Å². The van der Waals surface area contributed by atoms with E-state index in [0.717, 1.165) is 17.5 Å². The molecule has 6 heteroatoms. The maximum Gasteiger partial charge on any atom is 0.312 e. The molecular formula is C17H26N4O2.